The van der Waals surface area contributed by atoms with Gasteiger partial charge in [-0.15, -0.1) is 0 Å². The van der Waals surface area contributed by atoms with E-state index in [1.54, 1.807) is 0 Å². The molecule has 1 radical (unpaired) electrons. The molecule has 0 aliphatic rings. The van der Waals surface area contributed by atoms with Crippen LogP contribution in [0, 0.1) is 0 Å². The van der Waals surface area contributed by atoms with Gasteiger partial charge in [-0.25, -0.2) is 9.90 Å². The van der Waals surface area contributed by atoms with Gasteiger partial charge in [-0.3, -0.25) is 0 Å². The molecule has 1 atom stereocenters. The molecule has 0 heterocycles. The van der Waals surface area contributed by atoms with E-state index in [0.717, 1.165) is 12.5 Å². The van der Waals surface area contributed by atoms with Crippen molar-refractivity contribution in [3.63, 3.8) is 0 Å². The Morgan fingerprint density at radius 2 is 1.22 bits per heavy atom. The largest absolute Gasteiger partial charge is 0.437 e. The second-order valence-corrected chi connectivity index (χ2v) is 31.1. The third-order valence-electron chi connectivity index (χ3n) is 3.96. The summed E-state index contributed by atoms with van der Waals surface area (Å²) in [5.41, 5.74) is 0. The van der Waals surface area contributed by atoms with Crippen LogP contribution in [0.3, 0.4) is 0 Å². The van der Waals surface area contributed by atoms with Gasteiger partial charge >= 0.3 is 31.7 Å². The molecule has 0 aromatic heterocycles. The molecule has 0 aliphatic heterocycles. The maximum Gasteiger partial charge on any atom is 0.380 e. The van der Waals surface area contributed by atoms with E-state index in [2.05, 4.69) is 72.0 Å². The van der Waals surface area contributed by atoms with Crippen molar-refractivity contribution >= 4 is 48.3 Å². The smallest absolute Gasteiger partial charge is 0.380 e. The zero-order valence-corrected chi connectivity index (χ0v) is 27.4. The topological polar surface area (TPSA) is 92.4 Å². The number of hydrogen-bond acceptors (Lipinski definition) is 7. The molecule has 32 heavy (non-hydrogen) atoms. The fourth-order valence-corrected chi connectivity index (χ4v) is 27.6. The van der Waals surface area contributed by atoms with Crippen LogP contribution in [0.5, 0.6) is 0 Å². The van der Waals surface area contributed by atoms with Gasteiger partial charge in [-0.2, -0.15) is 0 Å². The Bertz CT molecular complexity index is 579. The maximum atomic E-state index is 10.4. The van der Waals surface area contributed by atoms with Gasteiger partial charge in [0.15, 0.2) is 16.6 Å². The third-order valence-corrected chi connectivity index (χ3v) is 22.0. The molecule has 0 aromatic rings. The minimum absolute atomic E-state index is 0.163. The maximum absolute atomic E-state index is 10.4. The Labute approximate surface area is 201 Å². The molecule has 0 amide bonds. The highest BCUT2D eigenvalue weighted by Gasteiger charge is 2.45. The van der Waals surface area contributed by atoms with E-state index in [1.165, 1.54) is 0 Å². The molecule has 191 valence electrons. The van der Waals surface area contributed by atoms with Crippen LogP contribution >= 0.6 is 0 Å². The summed E-state index contributed by atoms with van der Waals surface area (Å²) in [5, 5.41) is 10.4. The first-order valence-electron chi connectivity index (χ1n) is 11.3. The molecule has 0 aromatic carbocycles. The molecular weight excluding hydrogens is 497 g/mol. The lowest BCUT2D eigenvalue weighted by Gasteiger charge is -2.42. The molecule has 0 fully saturated rings. The Morgan fingerprint density at radius 1 is 0.750 bits per heavy atom. The van der Waals surface area contributed by atoms with E-state index in [4.69, 9.17) is 25.9 Å². The number of carbonyl (C=O) groups excluding carboxylic acids is 1. The van der Waals surface area contributed by atoms with Crippen molar-refractivity contribution in [3.8, 4) is 0 Å². The molecule has 0 spiro atoms. The fourth-order valence-electron chi connectivity index (χ4n) is 3.84. The third kappa shape index (κ3) is 17.7. The van der Waals surface area contributed by atoms with Gasteiger partial charge in [0.05, 0.1) is 12.7 Å². The second kappa shape index (κ2) is 12.9. The zero-order valence-electron chi connectivity index (χ0n) is 22.4. The van der Waals surface area contributed by atoms with E-state index in [-0.39, 0.29) is 12.7 Å². The van der Waals surface area contributed by atoms with Crippen LogP contribution in [-0.4, -0.2) is 74.2 Å². The first-order chi connectivity index (χ1) is 14.1. The minimum atomic E-state index is -2.41. The molecule has 0 aliphatic carbocycles. The molecular formula is C19H47O8Si5. The number of rotatable bonds is 17. The van der Waals surface area contributed by atoms with Crippen molar-refractivity contribution in [3.05, 3.63) is 0 Å². The molecule has 8 nitrogen and oxygen atoms in total. The van der Waals surface area contributed by atoms with Gasteiger partial charge in [0.2, 0.25) is 0 Å². The quantitative estimate of drug-likeness (QED) is 0.189. The SMILES string of the molecule is CC(COCC([O])=O)OCCC[Si](C)(C)O[Si](C)(C)O[Si](C)(C)O[Si](C)(C)O[Si](C)(C)C. The van der Waals surface area contributed by atoms with Crippen LogP contribution < -0.4 is 0 Å². The van der Waals surface area contributed by atoms with E-state index < -0.39 is 54.9 Å². The summed E-state index contributed by atoms with van der Waals surface area (Å²) in [4.78, 5) is 10.4. The molecule has 1 unspecified atom stereocenters. The van der Waals surface area contributed by atoms with Crippen molar-refractivity contribution in [2.75, 3.05) is 19.8 Å². The first-order valence-corrected chi connectivity index (χ1v) is 26.3. The van der Waals surface area contributed by atoms with Gasteiger partial charge in [-0.1, -0.05) is 0 Å². The predicted octanol–water partition coefficient (Wildman–Crippen LogP) is 4.97. The summed E-state index contributed by atoms with van der Waals surface area (Å²) in [6, 6.07) is 0.946. The van der Waals surface area contributed by atoms with E-state index in [9.17, 15) is 9.90 Å². The van der Waals surface area contributed by atoms with Crippen LogP contribution in [0.4, 0.5) is 0 Å². The fraction of sp³-hybridized carbons (Fsp3) is 0.947. The summed E-state index contributed by atoms with van der Waals surface area (Å²) >= 11 is 0. The van der Waals surface area contributed by atoms with E-state index in [1.807, 2.05) is 6.92 Å². The molecule has 0 N–H and O–H groups in total. The molecule has 13 heteroatoms. The minimum Gasteiger partial charge on any atom is -0.437 e. The summed E-state index contributed by atoms with van der Waals surface area (Å²) in [7, 11) is -10.7. The van der Waals surface area contributed by atoms with Crippen molar-refractivity contribution in [2.24, 2.45) is 0 Å². The van der Waals surface area contributed by atoms with Gasteiger partial charge in [0.25, 0.3) is 0 Å². The Kier molecular flexibility index (Phi) is 13.0. The number of hydrogen-bond donors (Lipinski definition) is 0. The molecule has 0 rings (SSSR count). The highest BCUT2D eigenvalue weighted by molar-refractivity contribution is 6.90. The van der Waals surface area contributed by atoms with Crippen LogP contribution in [0.2, 0.25) is 78.1 Å². The molecule has 0 saturated heterocycles. The van der Waals surface area contributed by atoms with Gasteiger partial charge < -0.3 is 25.9 Å². The van der Waals surface area contributed by atoms with E-state index in [0.29, 0.717) is 6.61 Å². The van der Waals surface area contributed by atoms with Crippen molar-refractivity contribution in [1.29, 1.82) is 0 Å². The lowest BCUT2D eigenvalue weighted by atomic mass is 10.4. The summed E-state index contributed by atoms with van der Waals surface area (Å²) in [5.74, 6) is -1.22. The standard InChI is InChI=1S/C19H47O8Si5/c1-18(16-22-17-19(20)21)23-14-13-15-29(5,6)25-31(9,10)27-32(11,12)26-30(7,8)24-28(2,3)4/h18H,13-17H2,1-12H3. The van der Waals surface area contributed by atoms with Gasteiger partial charge in [0.1, 0.15) is 6.61 Å². The summed E-state index contributed by atoms with van der Waals surface area (Å²) in [6.45, 7) is 25.8. The number of carbonyl (C=O) groups is 1. The first kappa shape index (κ1) is 32.3. The second-order valence-electron chi connectivity index (χ2n) is 11.2. The van der Waals surface area contributed by atoms with Crippen LogP contribution in [0.1, 0.15) is 13.3 Å². The molecule has 0 bridgehead atoms. The predicted molar refractivity (Wildman–Crippen MR) is 139 cm³/mol. The average Bonchev–Trinajstić information content (AvgIpc) is 2.44. The Balaban J connectivity index is 4.58. The normalized spacial score (nSPS) is 15.1. The monoisotopic (exact) mass is 543 g/mol. The van der Waals surface area contributed by atoms with Crippen LogP contribution in [0.15, 0.2) is 0 Å². The average molecular weight is 544 g/mol. The lowest BCUT2D eigenvalue weighted by molar-refractivity contribution is -0.149. The van der Waals surface area contributed by atoms with Crippen molar-refractivity contribution < 1.29 is 35.8 Å². The van der Waals surface area contributed by atoms with Crippen molar-refractivity contribution in [2.45, 2.75) is 97.5 Å². The van der Waals surface area contributed by atoms with Gasteiger partial charge in [-0.05, 0) is 91.4 Å². The summed E-state index contributed by atoms with van der Waals surface area (Å²) < 4.78 is 36.7. The Morgan fingerprint density at radius 3 is 1.69 bits per heavy atom. The van der Waals surface area contributed by atoms with Crippen LogP contribution in [0.25, 0.3) is 0 Å². The highest BCUT2D eigenvalue weighted by Crippen LogP contribution is 2.27. The van der Waals surface area contributed by atoms with Crippen molar-refractivity contribution in [1.82, 2.24) is 0 Å². The van der Waals surface area contributed by atoms with Crippen LogP contribution in [-0.2, 0) is 35.8 Å². The Hall–Kier alpha value is 0.314. The number of ether oxygens (including phenoxy) is 2. The lowest BCUT2D eigenvalue weighted by Crippen LogP contribution is -2.58. The van der Waals surface area contributed by atoms with Gasteiger partial charge in [0, 0.05) is 6.61 Å². The van der Waals surface area contributed by atoms with E-state index >= 15 is 0 Å². The molecule has 0 saturated carbocycles. The zero-order chi connectivity index (χ0) is 25.4. The highest BCUT2D eigenvalue weighted by atomic mass is 28.5. The summed E-state index contributed by atoms with van der Waals surface area (Å²) in [6.07, 6.45) is 0.708.